The summed E-state index contributed by atoms with van der Waals surface area (Å²) in [6.45, 7) is 3.42. The minimum atomic E-state index is 0. The zero-order valence-corrected chi connectivity index (χ0v) is 15.1. The summed E-state index contributed by atoms with van der Waals surface area (Å²) in [5.41, 5.74) is 1.97. The lowest BCUT2D eigenvalue weighted by Crippen LogP contribution is -2.51. The number of piperazine rings is 1. The first kappa shape index (κ1) is 17.1. The second-order valence-electron chi connectivity index (χ2n) is 5.95. The highest BCUT2D eigenvalue weighted by molar-refractivity contribution is 7.99. The van der Waals surface area contributed by atoms with E-state index < -0.39 is 0 Å². The van der Waals surface area contributed by atoms with Crippen LogP contribution < -0.4 is 4.90 Å². The summed E-state index contributed by atoms with van der Waals surface area (Å²) in [6.07, 6.45) is 0. The molecule has 0 atom stereocenters. The van der Waals surface area contributed by atoms with Gasteiger partial charge in [-0.25, -0.2) is 4.79 Å². The molecule has 0 aromatic heterocycles. The van der Waals surface area contributed by atoms with Gasteiger partial charge in [0.2, 0.25) is 0 Å². The van der Waals surface area contributed by atoms with E-state index in [1.807, 2.05) is 46.2 Å². The molecule has 2 aromatic carbocycles. The highest BCUT2D eigenvalue weighted by atomic mass is 35.5. The summed E-state index contributed by atoms with van der Waals surface area (Å²) in [7, 11) is 2.10. The van der Waals surface area contributed by atoms with Crippen LogP contribution in [0.2, 0.25) is 0 Å². The molecule has 126 valence electrons. The molecule has 0 saturated carbocycles. The molecule has 2 heterocycles. The predicted octanol–water partition coefficient (Wildman–Crippen LogP) is 4.08. The number of fused-ring (bicyclic) bond motifs is 2. The fourth-order valence-corrected chi connectivity index (χ4v) is 4.11. The van der Waals surface area contributed by atoms with Crippen molar-refractivity contribution >= 4 is 41.6 Å². The molecule has 0 aliphatic carbocycles. The lowest BCUT2D eigenvalue weighted by molar-refractivity contribution is 0.161. The normalized spacial score (nSPS) is 16.9. The van der Waals surface area contributed by atoms with Crippen LogP contribution in [0.5, 0.6) is 0 Å². The number of amides is 2. The van der Waals surface area contributed by atoms with Gasteiger partial charge in [-0.15, -0.1) is 12.4 Å². The molecule has 2 amide bonds. The number of para-hydroxylation sites is 2. The first-order chi connectivity index (χ1) is 11.2. The number of hydrogen-bond acceptors (Lipinski definition) is 3. The first-order valence-electron chi connectivity index (χ1n) is 7.87. The number of halogens is 1. The number of nitrogens with zero attached hydrogens (tertiary/aromatic N) is 3. The molecule has 0 radical (unpaired) electrons. The lowest BCUT2D eigenvalue weighted by Gasteiger charge is -2.38. The average molecular weight is 362 g/mol. The number of benzene rings is 2. The molecule has 6 heteroatoms. The SMILES string of the molecule is CN1CCN(C(=O)N2c3ccccc3Sc3ccccc32)CC1.Cl. The van der Waals surface area contributed by atoms with E-state index in [-0.39, 0.29) is 18.4 Å². The average Bonchev–Trinajstić information content (AvgIpc) is 2.59. The molecule has 24 heavy (non-hydrogen) atoms. The number of carbonyl (C=O) groups is 1. The summed E-state index contributed by atoms with van der Waals surface area (Å²) < 4.78 is 0. The maximum absolute atomic E-state index is 13.2. The number of hydrogen-bond donors (Lipinski definition) is 0. The van der Waals surface area contributed by atoms with Crippen molar-refractivity contribution in [3.8, 4) is 0 Å². The molecule has 4 rings (SSSR count). The first-order valence-corrected chi connectivity index (χ1v) is 8.69. The van der Waals surface area contributed by atoms with Gasteiger partial charge in [-0.1, -0.05) is 36.0 Å². The third-order valence-electron chi connectivity index (χ3n) is 4.40. The van der Waals surface area contributed by atoms with Gasteiger partial charge in [-0.2, -0.15) is 0 Å². The molecule has 0 N–H and O–H groups in total. The van der Waals surface area contributed by atoms with Gasteiger partial charge in [0.1, 0.15) is 0 Å². The van der Waals surface area contributed by atoms with E-state index in [9.17, 15) is 4.79 Å². The van der Waals surface area contributed by atoms with Gasteiger partial charge in [0.15, 0.2) is 0 Å². The van der Waals surface area contributed by atoms with E-state index in [2.05, 4.69) is 24.1 Å². The molecular formula is C18H20ClN3OS. The summed E-state index contributed by atoms with van der Waals surface area (Å²) in [6, 6.07) is 16.4. The molecule has 2 aliphatic rings. The summed E-state index contributed by atoms with van der Waals surface area (Å²) in [4.78, 5) is 21.6. The van der Waals surface area contributed by atoms with Gasteiger partial charge in [0, 0.05) is 36.0 Å². The summed E-state index contributed by atoms with van der Waals surface area (Å²) in [5.74, 6) is 0. The van der Waals surface area contributed by atoms with Crippen LogP contribution in [0.1, 0.15) is 0 Å². The standard InChI is InChI=1S/C18H19N3OS.ClH/c1-19-10-12-20(13-11-19)18(22)21-14-6-2-4-8-16(14)23-17-9-5-3-7-15(17)21;/h2-9H,10-13H2,1H3;1H. The van der Waals surface area contributed by atoms with Crippen LogP contribution in [0.3, 0.4) is 0 Å². The molecule has 1 fully saturated rings. The third-order valence-corrected chi connectivity index (χ3v) is 5.53. The molecule has 0 bridgehead atoms. The smallest absolute Gasteiger partial charge is 0.321 e. The Balaban J connectivity index is 0.00000169. The van der Waals surface area contributed by atoms with Gasteiger partial charge >= 0.3 is 6.03 Å². The molecule has 1 saturated heterocycles. The molecule has 2 aromatic rings. The van der Waals surface area contributed by atoms with Crippen molar-refractivity contribution in [3.63, 3.8) is 0 Å². The Morgan fingerprint density at radius 1 is 0.875 bits per heavy atom. The highest BCUT2D eigenvalue weighted by Crippen LogP contribution is 2.48. The molecule has 0 spiro atoms. The van der Waals surface area contributed by atoms with E-state index in [0.29, 0.717) is 0 Å². The van der Waals surface area contributed by atoms with E-state index in [1.54, 1.807) is 11.8 Å². The summed E-state index contributed by atoms with van der Waals surface area (Å²) in [5, 5.41) is 0. The molecule has 4 nitrogen and oxygen atoms in total. The Labute approximate surface area is 152 Å². The number of urea groups is 1. The van der Waals surface area contributed by atoms with Crippen molar-refractivity contribution in [1.82, 2.24) is 9.80 Å². The lowest BCUT2D eigenvalue weighted by atomic mass is 10.2. The van der Waals surface area contributed by atoms with Crippen molar-refractivity contribution < 1.29 is 4.79 Å². The second-order valence-corrected chi connectivity index (χ2v) is 7.03. The number of carbonyl (C=O) groups excluding carboxylic acids is 1. The van der Waals surface area contributed by atoms with Crippen molar-refractivity contribution in [1.29, 1.82) is 0 Å². The number of rotatable bonds is 0. The van der Waals surface area contributed by atoms with Crippen molar-refractivity contribution in [2.45, 2.75) is 9.79 Å². The Morgan fingerprint density at radius 3 is 1.92 bits per heavy atom. The van der Waals surface area contributed by atoms with Crippen molar-refractivity contribution in [3.05, 3.63) is 48.5 Å². The Kier molecular flexibility index (Phi) is 5.04. The number of anilines is 2. The fraction of sp³-hybridized carbons (Fsp3) is 0.278. The van der Waals surface area contributed by atoms with Gasteiger partial charge < -0.3 is 9.80 Å². The zero-order valence-electron chi connectivity index (χ0n) is 13.5. The zero-order chi connectivity index (χ0) is 15.8. The minimum Gasteiger partial charge on any atom is -0.321 e. The van der Waals surface area contributed by atoms with Crippen LogP contribution in [0.4, 0.5) is 16.2 Å². The Hall–Kier alpha value is -1.69. The van der Waals surface area contributed by atoms with Crippen molar-refractivity contribution in [2.24, 2.45) is 0 Å². The highest BCUT2D eigenvalue weighted by Gasteiger charge is 2.31. The van der Waals surface area contributed by atoms with E-state index in [0.717, 1.165) is 47.3 Å². The van der Waals surface area contributed by atoms with Crippen molar-refractivity contribution in [2.75, 3.05) is 38.1 Å². The maximum atomic E-state index is 13.2. The summed E-state index contributed by atoms with van der Waals surface area (Å²) >= 11 is 1.73. The van der Waals surface area contributed by atoms with E-state index in [4.69, 9.17) is 0 Å². The minimum absolute atomic E-state index is 0. The molecule has 0 unspecified atom stereocenters. The van der Waals surface area contributed by atoms with E-state index >= 15 is 0 Å². The van der Waals surface area contributed by atoms with Gasteiger partial charge in [-0.3, -0.25) is 4.90 Å². The van der Waals surface area contributed by atoms with Gasteiger partial charge in [-0.05, 0) is 31.3 Å². The predicted molar refractivity (Wildman–Crippen MR) is 101 cm³/mol. The second kappa shape index (κ2) is 7.05. The van der Waals surface area contributed by atoms with Crippen LogP contribution in [0, 0.1) is 0 Å². The number of likely N-dealkylation sites (N-methyl/N-ethyl adjacent to an activating group) is 1. The van der Waals surface area contributed by atoms with Gasteiger partial charge in [0.25, 0.3) is 0 Å². The quantitative estimate of drug-likeness (QED) is 0.707. The maximum Gasteiger partial charge on any atom is 0.329 e. The third kappa shape index (κ3) is 2.99. The largest absolute Gasteiger partial charge is 0.329 e. The van der Waals surface area contributed by atoms with Crippen LogP contribution in [0.25, 0.3) is 0 Å². The van der Waals surface area contributed by atoms with E-state index in [1.165, 1.54) is 0 Å². The Morgan fingerprint density at radius 2 is 1.38 bits per heavy atom. The monoisotopic (exact) mass is 361 g/mol. The molecular weight excluding hydrogens is 342 g/mol. The van der Waals surface area contributed by atoms with Crippen LogP contribution >= 0.6 is 24.2 Å². The molecule has 2 aliphatic heterocycles. The fourth-order valence-electron chi connectivity index (χ4n) is 3.05. The topological polar surface area (TPSA) is 26.8 Å². The van der Waals surface area contributed by atoms with Crippen LogP contribution in [-0.2, 0) is 0 Å². The van der Waals surface area contributed by atoms with Gasteiger partial charge in [0.05, 0.1) is 11.4 Å². The van der Waals surface area contributed by atoms with Crippen LogP contribution in [0.15, 0.2) is 58.3 Å². The van der Waals surface area contributed by atoms with Crippen LogP contribution in [-0.4, -0.2) is 49.1 Å². The Bertz CT molecular complexity index is 701.